The van der Waals surface area contributed by atoms with Crippen molar-refractivity contribution < 1.29 is 64.2 Å². The van der Waals surface area contributed by atoms with Crippen molar-refractivity contribution in [3.05, 3.63) is 103 Å². The van der Waals surface area contributed by atoms with Crippen LogP contribution in [0, 0.1) is 34.1 Å². The molecular formula is C27H28BrN6NaO9S2. The molecule has 3 heterocycles. The number of aromatic nitrogens is 3. The molecule has 46 heavy (non-hydrogen) atoms. The van der Waals surface area contributed by atoms with E-state index in [1.54, 1.807) is 36.6 Å². The van der Waals surface area contributed by atoms with Crippen molar-refractivity contribution in [2.24, 2.45) is 0 Å². The minimum atomic E-state index is -0.498. The Balaban J connectivity index is 0.000000633. The Hall–Kier alpha value is -3.62. The molecule has 19 heteroatoms. The molecular weight excluding hydrogens is 719 g/mol. The summed E-state index contributed by atoms with van der Waals surface area (Å²) >= 11 is 6.14. The third-order valence-corrected chi connectivity index (χ3v) is 7.01. The largest absolute Gasteiger partial charge is 1.00 e. The zero-order chi connectivity index (χ0) is 33.9. The average molecular weight is 748 g/mol. The van der Waals surface area contributed by atoms with Gasteiger partial charge in [-0.15, -0.1) is 22.7 Å². The van der Waals surface area contributed by atoms with Crippen molar-refractivity contribution in [1.82, 2.24) is 14.4 Å². The number of Topliss-reactive ketones (excluding diaryl/α,β-unsaturated/α-hetero) is 1. The number of halogens is 1. The van der Waals surface area contributed by atoms with Gasteiger partial charge in [-0.2, -0.15) is 0 Å². The van der Waals surface area contributed by atoms with Gasteiger partial charge in [-0.1, -0.05) is 15.9 Å². The van der Waals surface area contributed by atoms with Crippen molar-refractivity contribution in [2.75, 3.05) is 17.7 Å². The smallest absolute Gasteiger partial charge is 0.662 e. The maximum atomic E-state index is 11.1. The number of aliphatic hydroxyl groups is 1. The van der Waals surface area contributed by atoms with Crippen molar-refractivity contribution in [1.29, 1.82) is 0 Å². The molecule has 240 valence electrons. The molecule has 0 aliphatic rings. The summed E-state index contributed by atoms with van der Waals surface area (Å²) in [6, 6.07) is 12.0. The first-order valence-electron chi connectivity index (χ1n) is 12.4. The summed E-state index contributed by atoms with van der Waals surface area (Å²) in [7, 11) is 0. The monoisotopic (exact) mass is 746 g/mol. The van der Waals surface area contributed by atoms with Crippen LogP contribution in [-0.2, 0) is 9.68 Å². The summed E-state index contributed by atoms with van der Waals surface area (Å²) in [5.74, 6) is -0.0881. The van der Waals surface area contributed by atoms with Crippen molar-refractivity contribution in [3.8, 4) is 11.3 Å². The number of benzene rings is 2. The second-order valence-corrected chi connectivity index (χ2v) is 11.2. The van der Waals surface area contributed by atoms with Crippen LogP contribution in [-0.4, -0.2) is 53.5 Å². The van der Waals surface area contributed by atoms with Gasteiger partial charge >= 0.3 is 29.6 Å². The fraction of sp³-hybridized carbons (Fsp3) is 0.185. The number of hydrogen-bond donors (Lipinski definition) is 2. The molecule has 0 saturated heterocycles. The third kappa shape index (κ3) is 15.1. The van der Waals surface area contributed by atoms with Gasteiger partial charge in [0.15, 0.2) is 15.9 Å². The number of alkyl halides is 1. The van der Waals surface area contributed by atoms with E-state index < -0.39 is 9.85 Å². The number of hydrogen-bond acceptors (Lipinski definition) is 14. The molecule has 0 unspecified atom stereocenters. The molecule has 15 nitrogen and oxygen atoms in total. The number of aryl methyl sites for hydroxylation is 2. The van der Waals surface area contributed by atoms with Gasteiger partial charge in [-0.3, -0.25) is 34.2 Å². The van der Waals surface area contributed by atoms with Crippen LogP contribution >= 0.6 is 38.6 Å². The number of imidazole rings is 1. The second kappa shape index (κ2) is 22.8. The first-order chi connectivity index (χ1) is 21.4. The van der Waals surface area contributed by atoms with Gasteiger partial charge in [0.25, 0.3) is 17.8 Å². The molecule has 0 radical (unpaired) electrons. The summed E-state index contributed by atoms with van der Waals surface area (Å²) in [4.78, 5) is 53.9. The Morgan fingerprint density at radius 3 is 1.87 bits per heavy atom. The Labute approximate surface area is 301 Å². The number of anilines is 1. The SMILES string of the molecule is CCO.Cc1cn2cc(-c3ccc([N+](=O)[O-])cc3)nc2s1.Cc1cnc(N)s1.O=C(CBr)c1ccc([N+](=O)[O-])cc1.O=CO[O-].[Na+]. The predicted octanol–water partition coefficient (Wildman–Crippen LogP) is 1.92. The first kappa shape index (κ1) is 42.4. The van der Waals surface area contributed by atoms with E-state index >= 15 is 0 Å². The molecule has 0 spiro atoms. The number of nitrogens with zero attached hydrogens (tertiary/aromatic N) is 5. The minimum Gasteiger partial charge on any atom is -0.662 e. The Kier molecular flexibility index (Phi) is 21.0. The van der Waals surface area contributed by atoms with Gasteiger partial charge in [0.2, 0.25) is 0 Å². The van der Waals surface area contributed by atoms with E-state index in [9.17, 15) is 25.0 Å². The van der Waals surface area contributed by atoms with E-state index in [0.29, 0.717) is 10.7 Å². The number of aliphatic hydroxyl groups excluding tert-OH is 1. The van der Waals surface area contributed by atoms with Crippen LogP contribution in [0.5, 0.6) is 0 Å². The second-order valence-electron chi connectivity index (χ2n) is 8.14. The number of carbonyl (C=O) groups excluding carboxylic acids is 2. The van der Waals surface area contributed by atoms with Crippen LogP contribution in [0.4, 0.5) is 16.5 Å². The van der Waals surface area contributed by atoms with Gasteiger partial charge in [-0.05, 0) is 45.0 Å². The van der Waals surface area contributed by atoms with Crippen molar-refractivity contribution in [2.45, 2.75) is 20.8 Å². The van der Waals surface area contributed by atoms with E-state index in [2.05, 4.69) is 30.8 Å². The van der Waals surface area contributed by atoms with Crippen molar-refractivity contribution >= 4 is 72.3 Å². The Bertz CT molecular complexity index is 1610. The van der Waals surface area contributed by atoms with Crippen LogP contribution in [0.25, 0.3) is 16.2 Å². The zero-order valence-corrected chi connectivity index (χ0v) is 30.3. The van der Waals surface area contributed by atoms with Crippen molar-refractivity contribution in [3.63, 3.8) is 0 Å². The maximum Gasteiger partial charge on any atom is 1.00 e. The number of thiazole rings is 2. The standard InChI is InChI=1S/C12H9N3O2S.C8H6BrNO3.C4H6N2S.C2H6O.CH2O3.Na/c1-8-6-14-7-11(13-12(14)18-8)9-2-4-10(5-3-9)15(16)17;9-5-8(11)6-1-3-7(4-2-6)10(12)13;1-3-2-6-4(5)7-3;1-2-3;2-1-4-3;/h2-7H,1H3;1-4H,5H2;2H,1H3,(H2,5,6);3H,2H2,1H3;1,3H;/q;;;;;+1/p-1. The van der Waals surface area contributed by atoms with Gasteiger partial charge in [-0.25, -0.2) is 9.97 Å². The molecule has 0 bridgehead atoms. The van der Waals surface area contributed by atoms with Gasteiger partial charge in [0.1, 0.15) is 0 Å². The van der Waals surface area contributed by atoms with E-state index in [1.807, 2.05) is 30.6 Å². The summed E-state index contributed by atoms with van der Waals surface area (Å²) < 4.78 is 1.97. The number of carbonyl (C=O) groups is 2. The summed E-state index contributed by atoms with van der Waals surface area (Å²) in [5.41, 5.74) is 7.56. The van der Waals surface area contributed by atoms with Crippen LogP contribution in [0.2, 0.25) is 0 Å². The number of nitrogen functional groups attached to an aromatic ring is 1. The third-order valence-electron chi connectivity index (χ3n) is 4.85. The summed E-state index contributed by atoms with van der Waals surface area (Å²) in [6.45, 7) is 5.76. The molecule has 3 aromatic heterocycles. The number of nitrogens with two attached hydrogens (primary N) is 1. The normalized spacial score (nSPS) is 9.26. The topological polar surface area (TPSA) is 229 Å². The zero-order valence-electron chi connectivity index (χ0n) is 25.1. The van der Waals surface area contributed by atoms with E-state index in [4.69, 9.17) is 20.9 Å². The molecule has 5 rings (SSSR count). The number of fused-ring (bicyclic) bond motifs is 1. The summed E-state index contributed by atoms with van der Waals surface area (Å²) in [5, 5.41) is 37.7. The Morgan fingerprint density at radius 1 is 1.02 bits per heavy atom. The molecule has 0 aliphatic heterocycles. The summed E-state index contributed by atoms with van der Waals surface area (Å²) in [6.07, 6.45) is 5.71. The fourth-order valence-electron chi connectivity index (χ4n) is 3.02. The fourth-order valence-corrected chi connectivity index (χ4v) is 4.70. The quantitative estimate of drug-likeness (QED) is 0.0483. The maximum absolute atomic E-state index is 11.1. The van der Waals surface area contributed by atoms with Gasteiger partial charge in [0, 0.05) is 70.3 Å². The minimum absolute atomic E-state index is 0. The molecule has 2 aromatic carbocycles. The molecule has 0 amide bonds. The van der Waals surface area contributed by atoms with Crippen LogP contribution in [0.3, 0.4) is 0 Å². The van der Waals surface area contributed by atoms with Crippen LogP contribution in [0.15, 0.2) is 67.1 Å². The van der Waals surface area contributed by atoms with Crippen LogP contribution in [0.1, 0.15) is 27.0 Å². The van der Waals surface area contributed by atoms with E-state index in [1.165, 1.54) is 52.6 Å². The molecule has 3 N–H and O–H groups in total. The number of nitro benzene ring substituents is 2. The van der Waals surface area contributed by atoms with Gasteiger partial charge < -0.3 is 21.0 Å². The Morgan fingerprint density at radius 2 is 1.52 bits per heavy atom. The molecule has 5 aromatic rings. The molecule has 0 atom stereocenters. The average Bonchev–Trinajstić information content (AvgIpc) is 3.71. The first-order valence-corrected chi connectivity index (χ1v) is 15.2. The van der Waals surface area contributed by atoms with E-state index in [-0.39, 0.29) is 65.1 Å². The number of non-ortho nitro benzene ring substituents is 2. The van der Waals surface area contributed by atoms with Crippen LogP contribution < -0.4 is 40.5 Å². The molecule has 0 fully saturated rings. The van der Waals surface area contributed by atoms with Gasteiger partial charge in [0.05, 0.1) is 20.9 Å². The molecule has 0 saturated carbocycles. The number of rotatable bonds is 6. The predicted molar refractivity (Wildman–Crippen MR) is 172 cm³/mol. The molecule has 0 aliphatic carbocycles. The van der Waals surface area contributed by atoms with E-state index in [0.717, 1.165) is 21.1 Å². The number of ketones is 1. The number of nitro groups is 2.